The molecule has 2 rings (SSSR count). The molecular weight excluding hydrogens is 234 g/mol. The van der Waals surface area contributed by atoms with Crippen LogP contribution in [0.1, 0.15) is 78.1 Å². The Morgan fingerprint density at radius 2 is 1.58 bits per heavy atom. The lowest BCUT2D eigenvalue weighted by Gasteiger charge is -2.43. The Bertz CT molecular complexity index is 284. The van der Waals surface area contributed by atoms with E-state index in [0.29, 0.717) is 11.7 Å². The van der Waals surface area contributed by atoms with Gasteiger partial charge in [0, 0.05) is 6.42 Å². The van der Waals surface area contributed by atoms with Crippen molar-refractivity contribution in [1.29, 1.82) is 0 Å². The molecule has 19 heavy (non-hydrogen) atoms. The van der Waals surface area contributed by atoms with Gasteiger partial charge < -0.3 is 0 Å². The molecule has 0 radical (unpaired) electrons. The Morgan fingerprint density at radius 3 is 2.11 bits per heavy atom. The Hall–Kier alpha value is -0.370. The Morgan fingerprint density at radius 1 is 1.00 bits per heavy atom. The van der Waals surface area contributed by atoms with Crippen LogP contribution in [0.3, 0.4) is 0 Å². The van der Waals surface area contributed by atoms with Crippen molar-refractivity contribution < 1.29 is 4.79 Å². The average molecular weight is 265 g/mol. The van der Waals surface area contributed by atoms with Crippen molar-refractivity contribution in [2.75, 3.05) is 13.1 Å². The number of likely N-dealkylation sites (tertiary alicyclic amines) is 1. The molecule has 1 saturated heterocycles. The number of piperidine rings is 1. The number of ketones is 1. The highest BCUT2D eigenvalue weighted by molar-refractivity contribution is 5.89. The van der Waals surface area contributed by atoms with E-state index in [1.54, 1.807) is 0 Å². The van der Waals surface area contributed by atoms with Gasteiger partial charge in [-0.2, -0.15) is 0 Å². The van der Waals surface area contributed by atoms with E-state index < -0.39 is 0 Å². The molecule has 0 aromatic heterocycles. The summed E-state index contributed by atoms with van der Waals surface area (Å²) in [5, 5.41) is 0. The minimum Gasteiger partial charge on any atom is -0.298 e. The van der Waals surface area contributed by atoms with Crippen molar-refractivity contribution in [3.8, 4) is 0 Å². The summed E-state index contributed by atoms with van der Waals surface area (Å²) in [6, 6.07) is 0. The van der Waals surface area contributed by atoms with Crippen LogP contribution < -0.4 is 0 Å². The van der Waals surface area contributed by atoms with Crippen LogP contribution >= 0.6 is 0 Å². The highest BCUT2D eigenvalue weighted by Crippen LogP contribution is 2.39. The van der Waals surface area contributed by atoms with Gasteiger partial charge in [0.05, 0.1) is 5.54 Å². The molecule has 0 spiro atoms. The van der Waals surface area contributed by atoms with Gasteiger partial charge in [0.25, 0.3) is 0 Å². The molecule has 1 saturated carbocycles. The summed E-state index contributed by atoms with van der Waals surface area (Å²) in [4.78, 5) is 15.5. The van der Waals surface area contributed by atoms with E-state index in [1.807, 2.05) is 0 Å². The van der Waals surface area contributed by atoms with Crippen LogP contribution in [0.2, 0.25) is 0 Å². The van der Waals surface area contributed by atoms with Crippen LogP contribution in [0.15, 0.2) is 0 Å². The lowest BCUT2D eigenvalue weighted by atomic mass is 9.82. The minimum atomic E-state index is -0.0526. The van der Waals surface area contributed by atoms with Gasteiger partial charge in [-0.05, 0) is 44.7 Å². The average Bonchev–Trinajstić information content (AvgIpc) is 2.96. The largest absolute Gasteiger partial charge is 0.298 e. The van der Waals surface area contributed by atoms with Gasteiger partial charge >= 0.3 is 0 Å². The number of nitrogens with zero attached hydrogens (tertiary/aromatic N) is 1. The summed E-state index contributed by atoms with van der Waals surface area (Å²) in [5.74, 6) is 1.18. The summed E-state index contributed by atoms with van der Waals surface area (Å²) >= 11 is 0. The Labute approximate surface area is 118 Å². The van der Waals surface area contributed by atoms with Crippen molar-refractivity contribution in [3.05, 3.63) is 0 Å². The lowest BCUT2D eigenvalue weighted by molar-refractivity contribution is -0.133. The standard InChI is InChI=1S/C17H31NO/c1-3-15(4-2)14-16(19)17(10-6-7-11-17)18-12-8-5-9-13-18/h15H,3-14H2,1-2H3. The zero-order chi connectivity index (χ0) is 13.7. The van der Waals surface area contributed by atoms with Crippen LogP contribution in [-0.2, 0) is 4.79 Å². The van der Waals surface area contributed by atoms with E-state index in [-0.39, 0.29) is 5.54 Å². The first kappa shape index (κ1) is 15.0. The summed E-state index contributed by atoms with van der Waals surface area (Å²) in [5.41, 5.74) is -0.0526. The van der Waals surface area contributed by atoms with Gasteiger partial charge in [-0.3, -0.25) is 9.69 Å². The van der Waals surface area contributed by atoms with Gasteiger partial charge in [-0.25, -0.2) is 0 Å². The van der Waals surface area contributed by atoms with E-state index in [0.717, 1.165) is 45.2 Å². The first-order valence-corrected chi connectivity index (χ1v) is 8.51. The van der Waals surface area contributed by atoms with Crippen LogP contribution in [-0.4, -0.2) is 29.3 Å². The quantitative estimate of drug-likeness (QED) is 0.718. The zero-order valence-electron chi connectivity index (χ0n) is 12.9. The molecule has 2 heteroatoms. The molecule has 2 fully saturated rings. The van der Waals surface area contributed by atoms with Gasteiger partial charge in [-0.1, -0.05) is 46.0 Å². The van der Waals surface area contributed by atoms with E-state index in [4.69, 9.17) is 0 Å². The number of carbonyl (C=O) groups excluding carboxylic acids is 1. The van der Waals surface area contributed by atoms with E-state index >= 15 is 0 Å². The van der Waals surface area contributed by atoms with Crippen LogP contribution in [0.25, 0.3) is 0 Å². The second-order valence-electron chi connectivity index (χ2n) is 6.60. The molecule has 0 atom stereocenters. The number of carbonyl (C=O) groups is 1. The van der Waals surface area contributed by atoms with Crippen LogP contribution in [0.5, 0.6) is 0 Å². The maximum Gasteiger partial charge on any atom is 0.153 e. The summed E-state index contributed by atoms with van der Waals surface area (Å²) in [6.45, 7) is 6.77. The van der Waals surface area contributed by atoms with E-state index in [9.17, 15) is 4.79 Å². The lowest BCUT2D eigenvalue weighted by Crippen LogP contribution is -2.54. The predicted octanol–water partition coefficient (Wildman–Crippen LogP) is 4.18. The van der Waals surface area contributed by atoms with Crippen molar-refractivity contribution >= 4 is 5.78 Å². The van der Waals surface area contributed by atoms with Gasteiger partial charge in [0.2, 0.25) is 0 Å². The van der Waals surface area contributed by atoms with E-state index in [2.05, 4.69) is 18.7 Å². The molecule has 1 aliphatic carbocycles. The molecule has 0 aromatic carbocycles. The zero-order valence-corrected chi connectivity index (χ0v) is 12.9. The summed E-state index contributed by atoms with van der Waals surface area (Å²) in [7, 11) is 0. The molecule has 2 nitrogen and oxygen atoms in total. The third-order valence-electron chi connectivity index (χ3n) is 5.54. The molecule has 0 unspecified atom stereocenters. The number of hydrogen-bond donors (Lipinski definition) is 0. The van der Waals surface area contributed by atoms with Crippen molar-refractivity contribution in [2.24, 2.45) is 5.92 Å². The number of Topliss-reactive ketones (excluding diaryl/α,β-unsaturated/α-hetero) is 1. The molecule has 1 heterocycles. The van der Waals surface area contributed by atoms with E-state index in [1.165, 1.54) is 32.1 Å². The van der Waals surface area contributed by atoms with Gasteiger partial charge in [0.1, 0.15) is 0 Å². The fraction of sp³-hybridized carbons (Fsp3) is 0.941. The fourth-order valence-corrected chi connectivity index (χ4v) is 4.08. The molecule has 0 aromatic rings. The highest BCUT2D eigenvalue weighted by atomic mass is 16.1. The minimum absolute atomic E-state index is 0.0526. The maximum atomic E-state index is 13.0. The first-order chi connectivity index (χ1) is 9.23. The molecule has 2 aliphatic rings. The van der Waals surface area contributed by atoms with Crippen LogP contribution in [0.4, 0.5) is 0 Å². The number of rotatable bonds is 6. The molecule has 110 valence electrons. The summed E-state index contributed by atoms with van der Waals surface area (Å²) in [6.07, 6.45) is 11.8. The topological polar surface area (TPSA) is 20.3 Å². The maximum absolute atomic E-state index is 13.0. The molecular formula is C17H31NO. The summed E-state index contributed by atoms with van der Waals surface area (Å²) < 4.78 is 0. The van der Waals surface area contributed by atoms with Gasteiger partial charge in [-0.15, -0.1) is 0 Å². The Kier molecular flexibility index (Phi) is 5.44. The van der Waals surface area contributed by atoms with Crippen molar-refractivity contribution in [3.63, 3.8) is 0 Å². The second-order valence-corrected chi connectivity index (χ2v) is 6.60. The molecule has 0 N–H and O–H groups in total. The van der Waals surface area contributed by atoms with Gasteiger partial charge in [0.15, 0.2) is 5.78 Å². The SMILES string of the molecule is CCC(CC)CC(=O)C1(N2CCCCC2)CCCC1. The molecule has 0 amide bonds. The predicted molar refractivity (Wildman–Crippen MR) is 80.3 cm³/mol. The third kappa shape index (κ3) is 3.21. The number of hydrogen-bond acceptors (Lipinski definition) is 2. The highest BCUT2D eigenvalue weighted by Gasteiger charge is 2.45. The molecule has 1 aliphatic heterocycles. The van der Waals surface area contributed by atoms with Crippen molar-refractivity contribution in [2.45, 2.75) is 83.6 Å². The first-order valence-electron chi connectivity index (χ1n) is 8.51. The van der Waals surface area contributed by atoms with Crippen molar-refractivity contribution in [1.82, 2.24) is 4.90 Å². The monoisotopic (exact) mass is 265 g/mol. The Balaban J connectivity index is 2.07. The fourth-order valence-electron chi connectivity index (χ4n) is 4.08. The second kappa shape index (κ2) is 6.88. The normalized spacial score (nSPS) is 23.9. The molecule has 0 bridgehead atoms. The third-order valence-corrected chi connectivity index (χ3v) is 5.54. The van der Waals surface area contributed by atoms with Crippen LogP contribution in [0, 0.1) is 5.92 Å². The smallest absolute Gasteiger partial charge is 0.153 e.